The lowest BCUT2D eigenvalue weighted by Crippen LogP contribution is -2.41. The molecule has 5 amide bonds. The summed E-state index contributed by atoms with van der Waals surface area (Å²) in [5.74, 6) is -2.33. The van der Waals surface area contributed by atoms with Gasteiger partial charge in [0, 0.05) is 49.1 Å². The van der Waals surface area contributed by atoms with E-state index in [-0.39, 0.29) is 49.6 Å². The zero-order chi connectivity index (χ0) is 25.8. The third-order valence-electron chi connectivity index (χ3n) is 4.77. The SMILES string of the molecule is CC(C)C(=O)CCOCCNC(=O)CN1C(=O)C=CC1=O.CC(C)C(=O)CN1C(=O)C=CC1=O. The molecule has 0 aromatic heterocycles. The van der Waals surface area contributed by atoms with Crippen molar-refractivity contribution in [3.8, 4) is 0 Å². The molecule has 186 valence electrons. The maximum atomic E-state index is 11.5. The normalized spacial score (nSPS) is 14.9. The van der Waals surface area contributed by atoms with Crippen molar-refractivity contribution in [3.05, 3.63) is 24.3 Å². The minimum absolute atomic E-state index is 0.00236. The largest absolute Gasteiger partial charge is 0.379 e. The van der Waals surface area contributed by atoms with Gasteiger partial charge in [-0.05, 0) is 0 Å². The van der Waals surface area contributed by atoms with Crippen LogP contribution in [0.2, 0.25) is 0 Å². The molecule has 0 unspecified atom stereocenters. The van der Waals surface area contributed by atoms with Crippen LogP contribution in [0.4, 0.5) is 0 Å². The summed E-state index contributed by atoms with van der Waals surface area (Å²) in [5, 5.41) is 2.54. The fourth-order valence-electron chi connectivity index (χ4n) is 2.54. The quantitative estimate of drug-likeness (QED) is 0.300. The Kier molecular flexibility index (Phi) is 11.7. The molecule has 34 heavy (non-hydrogen) atoms. The van der Waals surface area contributed by atoms with Gasteiger partial charge in [-0.1, -0.05) is 27.7 Å². The predicted molar refractivity (Wildman–Crippen MR) is 120 cm³/mol. The molecular weight excluding hydrogens is 446 g/mol. The highest BCUT2D eigenvalue weighted by atomic mass is 16.5. The van der Waals surface area contributed by atoms with Gasteiger partial charge in [0.15, 0.2) is 5.78 Å². The fourth-order valence-corrected chi connectivity index (χ4v) is 2.54. The summed E-state index contributed by atoms with van der Waals surface area (Å²) in [6.45, 7) is 7.59. The number of carbonyl (C=O) groups excluding carboxylic acids is 7. The second-order valence-corrected chi connectivity index (χ2v) is 8.15. The zero-order valence-corrected chi connectivity index (χ0v) is 19.9. The summed E-state index contributed by atoms with van der Waals surface area (Å²) in [4.78, 5) is 80.3. The molecule has 2 aliphatic heterocycles. The van der Waals surface area contributed by atoms with E-state index >= 15 is 0 Å². The van der Waals surface area contributed by atoms with Crippen molar-refractivity contribution >= 4 is 41.1 Å². The molecule has 0 atom stereocenters. The summed E-state index contributed by atoms with van der Waals surface area (Å²) in [6.07, 6.45) is 4.97. The molecule has 0 bridgehead atoms. The number of hydrogen-bond acceptors (Lipinski definition) is 8. The number of rotatable bonds is 12. The van der Waals surface area contributed by atoms with E-state index in [1.165, 1.54) is 12.2 Å². The van der Waals surface area contributed by atoms with E-state index in [0.717, 1.165) is 22.0 Å². The van der Waals surface area contributed by atoms with Crippen molar-refractivity contribution in [2.75, 3.05) is 32.8 Å². The van der Waals surface area contributed by atoms with E-state index in [2.05, 4.69) is 5.32 Å². The summed E-state index contributed by atoms with van der Waals surface area (Å²) in [5.41, 5.74) is 0. The van der Waals surface area contributed by atoms with Gasteiger partial charge in [0.05, 0.1) is 19.8 Å². The maximum Gasteiger partial charge on any atom is 0.254 e. The van der Waals surface area contributed by atoms with Crippen molar-refractivity contribution < 1.29 is 38.3 Å². The van der Waals surface area contributed by atoms with Gasteiger partial charge in [0.1, 0.15) is 12.3 Å². The molecule has 0 fully saturated rings. The number of imide groups is 2. The Morgan fingerprint density at radius 2 is 1.18 bits per heavy atom. The van der Waals surface area contributed by atoms with Crippen LogP contribution in [-0.4, -0.2) is 83.8 Å². The average molecular weight is 478 g/mol. The van der Waals surface area contributed by atoms with E-state index in [1.807, 2.05) is 13.8 Å². The number of carbonyl (C=O) groups is 7. The molecule has 2 rings (SSSR count). The Hall–Kier alpha value is -3.47. The molecule has 0 spiro atoms. The van der Waals surface area contributed by atoms with E-state index in [9.17, 15) is 33.6 Å². The van der Waals surface area contributed by atoms with Gasteiger partial charge in [0.2, 0.25) is 5.91 Å². The third-order valence-corrected chi connectivity index (χ3v) is 4.77. The number of ketones is 2. The van der Waals surface area contributed by atoms with Gasteiger partial charge in [0.25, 0.3) is 23.6 Å². The number of ether oxygens (including phenoxy) is 1. The van der Waals surface area contributed by atoms with E-state index < -0.39 is 29.5 Å². The second-order valence-electron chi connectivity index (χ2n) is 8.15. The summed E-state index contributed by atoms with van der Waals surface area (Å²) in [6, 6.07) is 0. The van der Waals surface area contributed by atoms with Gasteiger partial charge >= 0.3 is 0 Å². The Morgan fingerprint density at radius 3 is 1.62 bits per heavy atom. The topological polar surface area (TPSA) is 147 Å². The molecule has 0 aromatic carbocycles. The number of amides is 5. The minimum atomic E-state index is -0.487. The van der Waals surface area contributed by atoms with Crippen LogP contribution in [-0.2, 0) is 38.3 Å². The molecule has 0 saturated carbocycles. The van der Waals surface area contributed by atoms with Gasteiger partial charge in [-0.15, -0.1) is 0 Å². The van der Waals surface area contributed by atoms with Gasteiger partial charge in [-0.2, -0.15) is 0 Å². The number of nitrogens with zero attached hydrogens (tertiary/aromatic N) is 2. The van der Waals surface area contributed by atoms with E-state index in [0.29, 0.717) is 13.0 Å². The molecule has 2 heterocycles. The first-order valence-corrected chi connectivity index (χ1v) is 10.9. The molecule has 0 aliphatic carbocycles. The molecule has 0 aromatic rings. The molecule has 1 N–H and O–H groups in total. The highest BCUT2D eigenvalue weighted by molar-refractivity contribution is 6.15. The first-order chi connectivity index (χ1) is 15.9. The number of nitrogens with one attached hydrogen (secondary N) is 1. The van der Waals surface area contributed by atoms with Crippen LogP contribution in [0, 0.1) is 11.8 Å². The first-order valence-electron chi connectivity index (χ1n) is 10.9. The van der Waals surface area contributed by atoms with Crippen molar-refractivity contribution in [2.24, 2.45) is 11.8 Å². The van der Waals surface area contributed by atoms with E-state index in [1.54, 1.807) is 13.8 Å². The van der Waals surface area contributed by atoms with Gasteiger partial charge in [-0.3, -0.25) is 43.4 Å². The molecule has 11 nitrogen and oxygen atoms in total. The number of Topliss-reactive ketones (excluding diaryl/α,β-unsaturated/α-hetero) is 2. The predicted octanol–water partition coefficient (Wildman–Crippen LogP) is -0.204. The van der Waals surface area contributed by atoms with Crippen LogP contribution in [0.5, 0.6) is 0 Å². The Balaban J connectivity index is 0.000000380. The van der Waals surface area contributed by atoms with Crippen LogP contribution < -0.4 is 5.32 Å². The van der Waals surface area contributed by atoms with Crippen LogP contribution >= 0.6 is 0 Å². The van der Waals surface area contributed by atoms with Crippen molar-refractivity contribution in [2.45, 2.75) is 34.1 Å². The Bertz CT molecular complexity index is 853. The summed E-state index contributed by atoms with van der Waals surface area (Å²) >= 11 is 0. The average Bonchev–Trinajstić information content (AvgIpc) is 3.26. The lowest BCUT2D eigenvalue weighted by molar-refractivity contribution is -0.141. The molecule has 11 heteroatoms. The Labute approximate surface area is 198 Å². The van der Waals surface area contributed by atoms with Gasteiger partial charge in [-0.25, -0.2) is 0 Å². The van der Waals surface area contributed by atoms with E-state index in [4.69, 9.17) is 4.74 Å². The standard InChI is InChI=1S/C14H20N2O5.C9H11NO3/c1-10(2)11(17)5-7-21-8-6-15-12(18)9-16-13(19)3-4-14(16)20;1-6(2)7(11)5-10-8(12)3-4-9(10)13/h3-4,10H,5-9H2,1-2H3,(H,15,18);3-4,6H,5H2,1-2H3. The monoisotopic (exact) mass is 477 g/mol. The smallest absolute Gasteiger partial charge is 0.254 e. The summed E-state index contributed by atoms with van der Waals surface area (Å²) in [7, 11) is 0. The van der Waals surface area contributed by atoms with Crippen LogP contribution in [0.3, 0.4) is 0 Å². The molecule has 2 aliphatic rings. The maximum absolute atomic E-state index is 11.5. The summed E-state index contributed by atoms with van der Waals surface area (Å²) < 4.78 is 5.22. The van der Waals surface area contributed by atoms with Crippen molar-refractivity contribution in [1.82, 2.24) is 15.1 Å². The molecular formula is C23H31N3O8. The van der Waals surface area contributed by atoms with Crippen LogP contribution in [0.15, 0.2) is 24.3 Å². The lowest BCUT2D eigenvalue weighted by atomic mass is 10.1. The first kappa shape index (κ1) is 28.6. The zero-order valence-electron chi connectivity index (χ0n) is 19.9. The van der Waals surface area contributed by atoms with Crippen LogP contribution in [0.1, 0.15) is 34.1 Å². The second kappa shape index (κ2) is 13.9. The van der Waals surface area contributed by atoms with Crippen LogP contribution in [0.25, 0.3) is 0 Å². The lowest BCUT2D eigenvalue weighted by Gasteiger charge is -2.13. The highest BCUT2D eigenvalue weighted by Gasteiger charge is 2.26. The highest BCUT2D eigenvalue weighted by Crippen LogP contribution is 2.06. The minimum Gasteiger partial charge on any atom is -0.379 e. The third kappa shape index (κ3) is 9.57. The van der Waals surface area contributed by atoms with Gasteiger partial charge < -0.3 is 10.1 Å². The van der Waals surface area contributed by atoms with Crippen molar-refractivity contribution in [1.29, 1.82) is 0 Å². The fraction of sp³-hybridized carbons (Fsp3) is 0.522. The Morgan fingerprint density at radius 1 is 0.735 bits per heavy atom. The number of hydrogen-bond donors (Lipinski definition) is 1. The molecule has 0 saturated heterocycles. The molecule has 0 radical (unpaired) electrons. The van der Waals surface area contributed by atoms with Crippen molar-refractivity contribution in [3.63, 3.8) is 0 Å².